The molecule has 4 nitrogen and oxygen atoms in total. The Bertz CT molecular complexity index is 287. The molecule has 0 unspecified atom stereocenters. The molecule has 0 aromatic heterocycles. The number of thiocarbonyl (C=S) groups is 1. The van der Waals surface area contributed by atoms with E-state index in [1.165, 1.54) is 13.8 Å². The fraction of sp³-hybridized carbons (Fsp3) is 0.833. The Morgan fingerprint density at radius 3 is 1.00 bits per heavy atom. The first-order valence-corrected chi connectivity index (χ1v) is 11.7. The standard InChI is InChI=1S/C3H6O.C3H6S.C2H6O2S.C2H6OS.C2H6S/c2*1-3(2)4;1-5(2,3)4;1-4(2)3;1-3-2/h2*1-2H3;1-2H3;1-2H3;1-2H3. The number of carbonyl (C=O) groups excluding carboxylic acids is 1. The second-order valence-electron chi connectivity index (χ2n) is 4.11. The number of hydrogen-bond donors (Lipinski definition) is 0. The van der Waals surface area contributed by atoms with Crippen molar-refractivity contribution in [1.82, 2.24) is 0 Å². The van der Waals surface area contributed by atoms with Crippen molar-refractivity contribution < 1.29 is 17.4 Å². The highest BCUT2D eigenvalue weighted by Gasteiger charge is 1.79. The average molecular weight is 367 g/mol. The molecule has 0 aromatic rings. The van der Waals surface area contributed by atoms with Gasteiger partial charge in [0.05, 0.1) is 0 Å². The van der Waals surface area contributed by atoms with Crippen LogP contribution < -0.4 is 0 Å². The molecule has 0 fully saturated rings. The first-order chi connectivity index (χ1) is 8.61. The zero-order valence-corrected chi connectivity index (χ0v) is 17.5. The van der Waals surface area contributed by atoms with Crippen molar-refractivity contribution in [3.05, 3.63) is 0 Å². The molecule has 0 spiro atoms. The van der Waals surface area contributed by atoms with Crippen molar-refractivity contribution in [3.8, 4) is 0 Å². The molecule has 0 saturated heterocycles. The Hall–Kier alpha value is 0.210. The third kappa shape index (κ3) is 122000. The van der Waals surface area contributed by atoms with Gasteiger partial charge in [-0.2, -0.15) is 11.8 Å². The van der Waals surface area contributed by atoms with Gasteiger partial charge in [0.15, 0.2) is 0 Å². The number of Topliss-reactive ketones (excluding diaryl/α,β-unsaturated/α-hetero) is 1. The van der Waals surface area contributed by atoms with E-state index in [2.05, 4.69) is 12.2 Å². The average Bonchev–Trinajstić information content (AvgIpc) is 1.95. The summed E-state index contributed by atoms with van der Waals surface area (Å²) in [7, 11) is -3.28. The van der Waals surface area contributed by atoms with Crippen LogP contribution in [0.5, 0.6) is 0 Å². The predicted molar refractivity (Wildman–Crippen MR) is 100 cm³/mol. The molecule has 0 saturated carbocycles. The van der Waals surface area contributed by atoms with Crippen LogP contribution in [0.15, 0.2) is 0 Å². The molecule has 0 radical (unpaired) electrons. The summed E-state index contributed by atoms with van der Waals surface area (Å²) in [5.41, 5.74) is 0. The highest BCUT2D eigenvalue weighted by Crippen LogP contribution is 1.70. The third-order valence-corrected chi connectivity index (χ3v) is 0. The molecule has 8 heteroatoms. The van der Waals surface area contributed by atoms with Gasteiger partial charge in [-0.3, -0.25) is 4.21 Å². The van der Waals surface area contributed by atoms with E-state index >= 15 is 0 Å². The van der Waals surface area contributed by atoms with Crippen molar-refractivity contribution in [2.45, 2.75) is 27.7 Å². The minimum Gasteiger partial charge on any atom is -0.300 e. The minimum atomic E-state index is -2.67. The van der Waals surface area contributed by atoms with Gasteiger partial charge in [-0.15, -0.1) is 0 Å². The fourth-order valence-electron chi connectivity index (χ4n) is 0. The van der Waals surface area contributed by atoms with Gasteiger partial charge in [-0.05, 0) is 45.1 Å². The molecule has 0 aromatic carbocycles. The molecule has 0 rings (SSSR count). The van der Waals surface area contributed by atoms with Crippen LogP contribution in [-0.2, 0) is 25.4 Å². The van der Waals surface area contributed by atoms with Gasteiger partial charge in [0.25, 0.3) is 0 Å². The molecule has 0 N–H and O–H groups in total. The van der Waals surface area contributed by atoms with Crippen LogP contribution >= 0.6 is 24.0 Å². The number of ketones is 1. The van der Waals surface area contributed by atoms with Crippen LogP contribution in [0, 0.1) is 0 Å². The summed E-state index contributed by atoms with van der Waals surface area (Å²) in [4.78, 5) is 10.4. The zero-order chi connectivity index (χ0) is 17.9. The zero-order valence-electron chi connectivity index (χ0n) is 14.3. The first-order valence-electron chi connectivity index (χ1n) is 5.36. The van der Waals surface area contributed by atoms with Crippen molar-refractivity contribution in [2.24, 2.45) is 0 Å². The topological polar surface area (TPSA) is 68.3 Å². The first kappa shape index (κ1) is 32.2. The number of hydrogen-bond acceptors (Lipinski definition) is 6. The Morgan fingerprint density at radius 1 is 1.00 bits per heavy atom. The SMILES string of the molecule is CC(C)=O.CC(C)=S.CS(C)(=O)=O.CS(C)=O.CSC. The van der Waals surface area contributed by atoms with Crippen LogP contribution in [0.25, 0.3) is 0 Å². The van der Waals surface area contributed by atoms with E-state index in [4.69, 9.17) is 0 Å². The number of rotatable bonds is 0. The quantitative estimate of drug-likeness (QED) is 0.614. The van der Waals surface area contributed by atoms with Gasteiger partial charge < -0.3 is 4.79 Å². The second-order valence-corrected chi connectivity index (χ2v) is 9.51. The second kappa shape index (κ2) is 24.2. The van der Waals surface area contributed by atoms with Gasteiger partial charge in [0, 0.05) is 35.8 Å². The van der Waals surface area contributed by atoms with Crippen molar-refractivity contribution in [2.75, 3.05) is 37.5 Å². The van der Waals surface area contributed by atoms with Gasteiger partial charge >= 0.3 is 0 Å². The molecule has 0 amide bonds. The Balaban J connectivity index is -0.0000000473. The van der Waals surface area contributed by atoms with E-state index in [9.17, 15) is 17.4 Å². The molecule has 20 heavy (non-hydrogen) atoms. The maximum Gasteiger partial charge on any atom is 0.144 e. The van der Waals surface area contributed by atoms with E-state index in [1.54, 1.807) is 24.3 Å². The van der Waals surface area contributed by atoms with Crippen molar-refractivity contribution in [3.63, 3.8) is 0 Å². The lowest BCUT2D eigenvalue weighted by Gasteiger charge is -1.69. The molecule has 0 aliphatic carbocycles. The van der Waals surface area contributed by atoms with E-state index in [0.717, 1.165) is 17.4 Å². The summed E-state index contributed by atoms with van der Waals surface area (Å²) in [6.07, 6.45) is 9.68. The summed E-state index contributed by atoms with van der Waals surface area (Å²) >= 11 is 6.29. The largest absolute Gasteiger partial charge is 0.300 e. The molecule has 0 atom stereocenters. The van der Waals surface area contributed by atoms with E-state index in [0.29, 0.717) is 0 Å². The van der Waals surface area contributed by atoms with Crippen LogP contribution in [0.1, 0.15) is 27.7 Å². The highest BCUT2D eigenvalue weighted by atomic mass is 32.2. The van der Waals surface area contributed by atoms with Gasteiger partial charge in [-0.25, -0.2) is 8.42 Å². The third-order valence-electron chi connectivity index (χ3n) is 0. The molecule has 0 aliphatic heterocycles. The smallest absolute Gasteiger partial charge is 0.144 e. The van der Waals surface area contributed by atoms with Gasteiger partial charge in [0.1, 0.15) is 15.6 Å². The summed E-state index contributed by atoms with van der Waals surface area (Å²) in [5.74, 6) is 0.167. The number of sulfone groups is 1. The van der Waals surface area contributed by atoms with E-state index < -0.39 is 20.6 Å². The number of thioether (sulfide) groups is 1. The Kier molecular flexibility index (Phi) is 39.1. The summed E-state index contributed by atoms with van der Waals surface area (Å²) in [6.45, 7) is 6.85. The van der Waals surface area contributed by atoms with Crippen molar-refractivity contribution >= 4 is 55.3 Å². The molecular formula is C12H30O4S4. The van der Waals surface area contributed by atoms with Gasteiger partial charge in [-0.1, -0.05) is 12.2 Å². The van der Waals surface area contributed by atoms with Crippen LogP contribution in [-0.4, -0.2) is 60.8 Å². The van der Waals surface area contributed by atoms with Crippen molar-refractivity contribution in [1.29, 1.82) is 0 Å². The molecular weight excluding hydrogens is 336 g/mol. The normalized spacial score (nSPS) is 8.15. The highest BCUT2D eigenvalue weighted by molar-refractivity contribution is 7.97. The minimum absolute atomic E-state index is 0.167. The molecule has 0 heterocycles. The molecule has 0 aliphatic rings. The Morgan fingerprint density at radius 2 is 1.00 bits per heavy atom. The summed E-state index contributed by atoms with van der Waals surface area (Å²) in [6, 6.07) is 0. The maximum atomic E-state index is 9.63. The van der Waals surface area contributed by atoms with E-state index in [1.807, 2.05) is 26.4 Å². The summed E-state index contributed by atoms with van der Waals surface area (Å²) < 4.78 is 28.8. The lowest BCUT2D eigenvalue weighted by atomic mass is 10.6. The van der Waals surface area contributed by atoms with Gasteiger partial charge in [0.2, 0.25) is 0 Å². The lowest BCUT2D eigenvalue weighted by molar-refractivity contribution is -0.114. The number of carbonyl (C=O) groups is 1. The summed E-state index contributed by atoms with van der Waals surface area (Å²) in [5, 5.41) is 0. The fourth-order valence-corrected chi connectivity index (χ4v) is 0. The van der Waals surface area contributed by atoms with E-state index in [-0.39, 0.29) is 5.78 Å². The van der Waals surface area contributed by atoms with Crippen LogP contribution in [0.2, 0.25) is 0 Å². The predicted octanol–water partition coefficient (Wildman–Crippen LogP) is 2.63. The lowest BCUT2D eigenvalue weighted by Crippen LogP contribution is -1.86. The molecule has 0 bridgehead atoms. The van der Waals surface area contributed by atoms with Crippen LogP contribution in [0.4, 0.5) is 0 Å². The Labute approximate surface area is 137 Å². The monoisotopic (exact) mass is 366 g/mol. The maximum absolute atomic E-state index is 9.63. The van der Waals surface area contributed by atoms with Crippen LogP contribution in [0.3, 0.4) is 0 Å². The molecule has 126 valence electrons.